The summed E-state index contributed by atoms with van der Waals surface area (Å²) in [6.07, 6.45) is 3.06. The molecule has 0 aliphatic rings. The minimum Gasteiger partial charge on any atom is -0.504 e. The number of nitrogens with zero attached hydrogens (tertiary/aromatic N) is 1. The Morgan fingerprint density at radius 1 is 1.55 bits per heavy atom. The van der Waals surface area contributed by atoms with Crippen LogP contribution in [0.4, 0.5) is 5.69 Å². The summed E-state index contributed by atoms with van der Waals surface area (Å²) in [6, 6.07) is 1.78. The van der Waals surface area contributed by atoms with Crippen LogP contribution in [0.1, 0.15) is 0 Å². The maximum atomic E-state index is 9.13. The molecule has 2 heterocycles. The molecule has 0 radical (unpaired) electrons. The summed E-state index contributed by atoms with van der Waals surface area (Å²) in [5.41, 5.74) is 6.62. The van der Waals surface area contributed by atoms with Crippen LogP contribution in [0, 0.1) is 0 Å². The minimum atomic E-state index is 0.0251. The first-order valence-corrected chi connectivity index (χ1v) is 3.19. The molecule has 0 saturated carbocycles. The highest BCUT2D eigenvalue weighted by Crippen LogP contribution is 2.26. The fourth-order valence-electron chi connectivity index (χ4n) is 1.02. The van der Waals surface area contributed by atoms with Gasteiger partial charge in [0.05, 0.1) is 11.9 Å². The number of hydrogen-bond acceptors (Lipinski definition) is 3. The van der Waals surface area contributed by atoms with Gasteiger partial charge in [-0.25, -0.2) is 4.98 Å². The van der Waals surface area contributed by atoms with Crippen molar-refractivity contribution in [2.45, 2.75) is 0 Å². The van der Waals surface area contributed by atoms with Gasteiger partial charge in [-0.15, -0.1) is 0 Å². The van der Waals surface area contributed by atoms with E-state index in [0.29, 0.717) is 11.3 Å². The number of nitrogens with two attached hydrogens (primary N) is 1. The van der Waals surface area contributed by atoms with Gasteiger partial charge in [0.15, 0.2) is 5.75 Å². The predicted molar refractivity (Wildman–Crippen MR) is 42.2 cm³/mol. The Hall–Kier alpha value is -1.71. The number of aromatic amines is 1. The van der Waals surface area contributed by atoms with E-state index in [4.69, 9.17) is 10.8 Å². The van der Waals surface area contributed by atoms with Gasteiger partial charge in [0.2, 0.25) is 0 Å². The van der Waals surface area contributed by atoms with Crippen LogP contribution < -0.4 is 5.73 Å². The second kappa shape index (κ2) is 1.88. The van der Waals surface area contributed by atoms with Crippen LogP contribution in [-0.2, 0) is 0 Å². The lowest BCUT2D eigenvalue weighted by molar-refractivity contribution is 0.476. The Morgan fingerprint density at radius 3 is 3.18 bits per heavy atom. The maximum Gasteiger partial charge on any atom is 0.157 e. The molecule has 11 heavy (non-hydrogen) atoms. The summed E-state index contributed by atoms with van der Waals surface area (Å²) < 4.78 is 0. The van der Waals surface area contributed by atoms with Gasteiger partial charge in [0, 0.05) is 11.6 Å². The molecule has 0 saturated heterocycles. The zero-order valence-electron chi connectivity index (χ0n) is 5.70. The molecule has 4 N–H and O–H groups in total. The van der Waals surface area contributed by atoms with Gasteiger partial charge in [0.1, 0.15) is 5.65 Å². The van der Waals surface area contributed by atoms with Crippen molar-refractivity contribution in [2.75, 3.05) is 5.73 Å². The van der Waals surface area contributed by atoms with Gasteiger partial charge in [-0.05, 0) is 6.07 Å². The van der Waals surface area contributed by atoms with Crippen molar-refractivity contribution in [2.24, 2.45) is 0 Å². The van der Waals surface area contributed by atoms with Gasteiger partial charge in [-0.3, -0.25) is 0 Å². The van der Waals surface area contributed by atoms with Gasteiger partial charge < -0.3 is 15.8 Å². The molecular formula is C7H7N3O. The summed E-state index contributed by atoms with van der Waals surface area (Å²) in [5, 5.41) is 9.89. The number of pyridine rings is 1. The Kier molecular flexibility index (Phi) is 1.03. The molecule has 0 unspecified atom stereocenters. The highest BCUT2D eigenvalue weighted by Gasteiger charge is 2.03. The highest BCUT2D eigenvalue weighted by atomic mass is 16.3. The Labute approximate surface area is 62.7 Å². The number of hydrogen-bond donors (Lipinski definition) is 3. The van der Waals surface area contributed by atoms with E-state index < -0.39 is 0 Å². The number of aromatic hydroxyl groups is 1. The van der Waals surface area contributed by atoms with Gasteiger partial charge in [-0.1, -0.05) is 0 Å². The molecule has 4 heteroatoms. The topological polar surface area (TPSA) is 74.9 Å². The molecule has 0 amide bonds. The normalized spacial score (nSPS) is 10.5. The van der Waals surface area contributed by atoms with E-state index in [1.807, 2.05) is 0 Å². The first-order chi connectivity index (χ1) is 5.29. The second-order valence-electron chi connectivity index (χ2n) is 2.30. The van der Waals surface area contributed by atoms with Crippen LogP contribution in [-0.4, -0.2) is 15.1 Å². The maximum absolute atomic E-state index is 9.13. The monoisotopic (exact) mass is 149 g/mol. The lowest BCUT2D eigenvalue weighted by Crippen LogP contribution is -1.87. The molecule has 0 aliphatic heterocycles. The van der Waals surface area contributed by atoms with Crippen molar-refractivity contribution in [3.8, 4) is 5.75 Å². The molecule has 0 atom stereocenters. The minimum absolute atomic E-state index is 0.0251. The third-order valence-electron chi connectivity index (χ3n) is 1.61. The number of H-pyrrole nitrogens is 1. The lowest BCUT2D eigenvalue weighted by Gasteiger charge is -1.97. The number of nitrogen functional groups attached to an aromatic ring is 1. The number of fused-ring (bicyclic) bond motifs is 1. The van der Waals surface area contributed by atoms with E-state index in [2.05, 4.69) is 9.97 Å². The van der Waals surface area contributed by atoms with Crippen molar-refractivity contribution in [1.29, 1.82) is 0 Å². The number of rotatable bonds is 0. The number of nitrogens with one attached hydrogen (secondary N) is 1. The Bertz CT molecular complexity index is 393. The number of anilines is 1. The average Bonchev–Trinajstić information content (AvgIpc) is 2.45. The summed E-state index contributed by atoms with van der Waals surface area (Å²) in [6.45, 7) is 0. The fourth-order valence-corrected chi connectivity index (χ4v) is 1.02. The summed E-state index contributed by atoms with van der Waals surface area (Å²) >= 11 is 0. The molecule has 2 rings (SSSR count). The van der Waals surface area contributed by atoms with Crippen LogP contribution in [0.3, 0.4) is 0 Å². The molecule has 2 aromatic rings. The lowest BCUT2D eigenvalue weighted by atomic mass is 10.3. The molecule has 0 aliphatic carbocycles. The Balaban J connectivity index is 2.93. The zero-order valence-corrected chi connectivity index (χ0v) is 5.70. The van der Waals surface area contributed by atoms with Crippen LogP contribution >= 0.6 is 0 Å². The van der Waals surface area contributed by atoms with Crippen LogP contribution in [0.2, 0.25) is 0 Å². The summed E-state index contributed by atoms with van der Waals surface area (Å²) in [4.78, 5) is 6.80. The van der Waals surface area contributed by atoms with Crippen LogP contribution in [0.15, 0.2) is 18.5 Å². The van der Waals surface area contributed by atoms with Crippen molar-refractivity contribution >= 4 is 16.7 Å². The van der Waals surface area contributed by atoms with Gasteiger partial charge >= 0.3 is 0 Å². The smallest absolute Gasteiger partial charge is 0.157 e. The van der Waals surface area contributed by atoms with E-state index in [0.717, 1.165) is 5.39 Å². The molecule has 0 aromatic carbocycles. The summed E-state index contributed by atoms with van der Waals surface area (Å²) in [7, 11) is 0. The van der Waals surface area contributed by atoms with Crippen molar-refractivity contribution in [3.05, 3.63) is 18.5 Å². The van der Waals surface area contributed by atoms with Crippen LogP contribution in [0.25, 0.3) is 11.0 Å². The van der Waals surface area contributed by atoms with E-state index in [-0.39, 0.29) is 5.75 Å². The molecule has 0 bridgehead atoms. The van der Waals surface area contributed by atoms with E-state index >= 15 is 0 Å². The van der Waals surface area contributed by atoms with Gasteiger partial charge in [-0.2, -0.15) is 0 Å². The largest absolute Gasteiger partial charge is 0.504 e. The molecule has 4 nitrogen and oxygen atoms in total. The average molecular weight is 149 g/mol. The van der Waals surface area contributed by atoms with Crippen molar-refractivity contribution < 1.29 is 5.11 Å². The van der Waals surface area contributed by atoms with Crippen molar-refractivity contribution in [3.63, 3.8) is 0 Å². The second-order valence-corrected chi connectivity index (χ2v) is 2.30. The number of aromatic nitrogens is 2. The highest BCUT2D eigenvalue weighted by molar-refractivity contribution is 5.90. The Morgan fingerprint density at radius 2 is 2.36 bits per heavy atom. The standard InChI is InChI=1S/C7H7N3O/c8-6-4-1-2-9-7(4)10-3-5(6)11/h1-3,11H,(H3,8,9,10). The molecule has 2 aromatic heterocycles. The molecular weight excluding hydrogens is 142 g/mol. The zero-order chi connectivity index (χ0) is 7.84. The summed E-state index contributed by atoms with van der Waals surface area (Å²) in [5.74, 6) is 0.0251. The van der Waals surface area contributed by atoms with E-state index in [1.165, 1.54) is 6.20 Å². The third-order valence-corrected chi connectivity index (χ3v) is 1.61. The fraction of sp³-hybridized carbons (Fsp3) is 0. The van der Waals surface area contributed by atoms with E-state index in [9.17, 15) is 0 Å². The van der Waals surface area contributed by atoms with E-state index in [1.54, 1.807) is 12.3 Å². The molecule has 0 spiro atoms. The molecule has 0 fully saturated rings. The van der Waals surface area contributed by atoms with Crippen LogP contribution in [0.5, 0.6) is 5.75 Å². The van der Waals surface area contributed by atoms with Crippen molar-refractivity contribution in [1.82, 2.24) is 9.97 Å². The molecule has 56 valence electrons. The first kappa shape index (κ1) is 6.03. The quantitative estimate of drug-likeness (QED) is 0.519. The third kappa shape index (κ3) is 0.724. The van der Waals surface area contributed by atoms with Gasteiger partial charge in [0.25, 0.3) is 0 Å². The SMILES string of the molecule is Nc1c(O)cnc2[nH]ccc12. The first-order valence-electron chi connectivity index (χ1n) is 3.19. The predicted octanol–water partition coefficient (Wildman–Crippen LogP) is 0.851.